The summed E-state index contributed by atoms with van der Waals surface area (Å²) in [7, 11) is 0. The van der Waals surface area contributed by atoms with Gasteiger partial charge in [0.1, 0.15) is 0 Å². The Morgan fingerprint density at radius 1 is 0.905 bits per heavy atom. The van der Waals surface area contributed by atoms with Crippen molar-refractivity contribution in [1.29, 1.82) is 0 Å². The lowest BCUT2D eigenvalue weighted by Gasteiger charge is -2.60. The van der Waals surface area contributed by atoms with Crippen molar-refractivity contribution in [1.82, 2.24) is 0 Å². The zero-order chi connectivity index (χ0) is 14.4. The summed E-state index contributed by atoms with van der Waals surface area (Å²) in [6.45, 7) is 5.11. The summed E-state index contributed by atoms with van der Waals surface area (Å²) >= 11 is 0. The molecule has 1 aliphatic heterocycles. The van der Waals surface area contributed by atoms with Gasteiger partial charge in [0, 0.05) is 0 Å². The van der Waals surface area contributed by atoms with Crippen molar-refractivity contribution in [3.8, 4) is 0 Å². The number of epoxide rings is 1. The highest BCUT2D eigenvalue weighted by molar-refractivity contribution is 5.16. The van der Waals surface area contributed by atoms with Crippen LogP contribution in [0.1, 0.15) is 65.2 Å². The molecule has 0 unspecified atom stereocenters. The van der Waals surface area contributed by atoms with Gasteiger partial charge in [0.05, 0.1) is 18.3 Å². The Kier molecular flexibility index (Phi) is 2.58. The van der Waals surface area contributed by atoms with E-state index in [0.717, 1.165) is 36.5 Å². The summed E-state index contributed by atoms with van der Waals surface area (Å²) in [5.74, 6) is 3.61. The summed E-state index contributed by atoms with van der Waals surface area (Å²) in [6, 6.07) is 0. The molecule has 0 aromatic rings. The molecule has 0 radical (unpaired) electrons. The van der Waals surface area contributed by atoms with E-state index >= 15 is 0 Å². The maximum absolute atomic E-state index is 10.1. The van der Waals surface area contributed by atoms with Gasteiger partial charge in [-0.2, -0.15) is 0 Å². The Bertz CT molecular complexity index is 462. The first-order valence-electron chi connectivity index (χ1n) is 9.36. The van der Waals surface area contributed by atoms with Gasteiger partial charge in [0.25, 0.3) is 0 Å². The molecule has 1 heterocycles. The molecule has 21 heavy (non-hydrogen) atoms. The summed E-state index contributed by atoms with van der Waals surface area (Å²) in [4.78, 5) is 0. The van der Waals surface area contributed by atoms with Gasteiger partial charge >= 0.3 is 0 Å². The molecule has 0 amide bonds. The first-order valence-corrected chi connectivity index (χ1v) is 9.36. The third kappa shape index (κ3) is 1.62. The van der Waals surface area contributed by atoms with E-state index in [0.29, 0.717) is 23.0 Å². The number of hydrogen-bond donors (Lipinski definition) is 1. The third-order valence-corrected chi connectivity index (χ3v) is 8.79. The molecule has 1 saturated heterocycles. The molecular formula is C19H30O2. The molecule has 5 rings (SSSR count). The fraction of sp³-hybridized carbons (Fsp3) is 1.00. The summed E-state index contributed by atoms with van der Waals surface area (Å²) in [5, 5.41) is 10.1. The maximum atomic E-state index is 10.1. The minimum atomic E-state index is -0.0130. The SMILES string of the molecule is C[C@]12CC[C@@H](O)C[C@@H]1CC[C@@H]1[C@@H]2CC[C@@]2(C)[C@H]1C[C@@H]1O[C@@H]12. The second-order valence-electron chi connectivity index (χ2n) is 9.46. The van der Waals surface area contributed by atoms with Crippen molar-refractivity contribution < 1.29 is 9.84 Å². The maximum Gasteiger partial charge on any atom is 0.0898 e. The highest BCUT2D eigenvalue weighted by Gasteiger charge is 2.68. The van der Waals surface area contributed by atoms with E-state index in [9.17, 15) is 5.11 Å². The van der Waals surface area contributed by atoms with Crippen LogP contribution in [0.2, 0.25) is 0 Å². The average molecular weight is 290 g/mol. The van der Waals surface area contributed by atoms with E-state index in [1.807, 2.05) is 0 Å². The van der Waals surface area contributed by atoms with Crippen molar-refractivity contribution in [2.75, 3.05) is 0 Å². The van der Waals surface area contributed by atoms with Crippen LogP contribution >= 0.6 is 0 Å². The Morgan fingerprint density at radius 2 is 1.71 bits per heavy atom. The third-order valence-electron chi connectivity index (χ3n) is 8.79. The summed E-state index contributed by atoms with van der Waals surface area (Å²) < 4.78 is 5.92. The van der Waals surface area contributed by atoms with Crippen LogP contribution in [-0.4, -0.2) is 23.4 Å². The van der Waals surface area contributed by atoms with Crippen LogP contribution in [0.5, 0.6) is 0 Å². The fourth-order valence-electron chi connectivity index (χ4n) is 7.53. The van der Waals surface area contributed by atoms with Crippen LogP contribution < -0.4 is 0 Å². The van der Waals surface area contributed by atoms with E-state index in [1.165, 1.54) is 38.5 Å². The number of fused-ring (bicyclic) bond motifs is 7. The predicted molar refractivity (Wildman–Crippen MR) is 81.8 cm³/mol. The van der Waals surface area contributed by atoms with Gasteiger partial charge in [0.15, 0.2) is 0 Å². The molecule has 9 atom stereocenters. The molecule has 2 heteroatoms. The zero-order valence-corrected chi connectivity index (χ0v) is 13.6. The second kappa shape index (κ2) is 4.06. The number of rotatable bonds is 0. The topological polar surface area (TPSA) is 32.8 Å². The number of aliphatic hydroxyl groups excluding tert-OH is 1. The van der Waals surface area contributed by atoms with Crippen LogP contribution in [0.25, 0.3) is 0 Å². The lowest BCUT2D eigenvalue weighted by atomic mass is 9.45. The van der Waals surface area contributed by atoms with Gasteiger partial charge in [-0.25, -0.2) is 0 Å². The summed E-state index contributed by atoms with van der Waals surface area (Å²) in [5.41, 5.74) is 1.03. The molecule has 0 aromatic carbocycles. The molecule has 2 nitrogen and oxygen atoms in total. The first kappa shape index (κ1) is 13.4. The summed E-state index contributed by atoms with van der Waals surface area (Å²) in [6.07, 6.45) is 11.6. The molecule has 118 valence electrons. The molecular weight excluding hydrogens is 260 g/mol. The van der Waals surface area contributed by atoms with Crippen molar-refractivity contribution in [3.63, 3.8) is 0 Å². The molecule has 0 aromatic heterocycles. The van der Waals surface area contributed by atoms with Crippen molar-refractivity contribution in [2.45, 2.75) is 83.5 Å². The highest BCUT2D eigenvalue weighted by atomic mass is 16.6. The lowest BCUT2D eigenvalue weighted by Crippen LogP contribution is -2.54. The fourth-order valence-corrected chi connectivity index (χ4v) is 7.53. The smallest absolute Gasteiger partial charge is 0.0898 e. The van der Waals surface area contributed by atoms with E-state index in [-0.39, 0.29) is 6.10 Å². The monoisotopic (exact) mass is 290 g/mol. The molecule has 1 N–H and O–H groups in total. The second-order valence-corrected chi connectivity index (χ2v) is 9.46. The normalized spacial score (nSPS) is 65.0. The molecule has 5 fully saturated rings. The van der Waals surface area contributed by atoms with Crippen molar-refractivity contribution in [3.05, 3.63) is 0 Å². The van der Waals surface area contributed by atoms with Gasteiger partial charge in [-0.1, -0.05) is 13.8 Å². The Hall–Kier alpha value is -0.0800. The number of ether oxygens (including phenoxy) is 1. The van der Waals surface area contributed by atoms with Gasteiger partial charge in [-0.05, 0) is 85.9 Å². The number of hydrogen-bond acceptors (Lipinski definition) is 2. The lowest BCUT2D eigenvalue weighted by molar-refractivity contribution is -0.131. The van der Waals surface area contributed by atoms with E-state index < -0.39 is 0 Å². The van der Waals surface area contributed by atoms with Crippen LogP contribution in [0.15, 0.2) is 0 Å². The van der Waals surface area contributed by atoms with Gasteiger partial charge in [-0.3, -0.25) is 0 Å². The van der Waals surface area contributed by atoms with E-state index in [4.69, 9.17) is 4.74 Å². The van der Waals surface area contributed by atoms with Crippen molar-refractivity contribution >= 4 is 0 Å². The molecule has 5 aliphatic rings. The predicted octanol–water partition coefficient (Wildman–Crippen LogP) is 3.77. The highest BCUT2D eigenvalue weighted by Crippen LogP contribution is 2.69. The Balaban J connectivity index is 1.46. The molecule has 0 spiro atoms. The molecule has 0 bridgehead atoms. The minimum absolute atomic E-state index is 0.0130. The van der Waals surface area contributed by atoms with Crippen LogP contribution in [0, 0.1) is 34.5 Å². The first-order chi connectivity index (χ1) is 10.0. The Morgan fingerprint density at radius 3 is 2.57 bits per heavy atom. The van der Waals surface area contributed by atoms with E-state index in [2.05, 4.69) is 13.8 Å². The zero-order valence-electron chi connectivity index (χ0n) is 13.6. The largest absolute Gasteiger partial charge is 0.393 e. The van der Waals surface area contributed by atoms with Crippen LogP contribution in [-0.2, 0) is 4.74 Å². The number of aliphatic hydroxyl groups is 1. The van der Waals surface area contributed by atoms with Crippen LogP contribution in [0.3, 0.4) is 0 Å². The van der Waals surface area contributed by atoms with E-state index in [1.54, 1.807) is 0 Å². The Labute approximate surface area is 128 Å². The van der Waals surface area contributed by atoms with Crippen LogP contribution in [0.4, 0.5) is 0 Å². The van der Waals surface area contributed by atoms with Gasteiger partial charge in [-0.15, -0.1) is 0 Å². The van der Waals surface area contributed by atoms with Gasteiger partial charge < -0.3 is 9.84 Å². The van der Waals surface area contributed by atoms with Gasteiger partial charge in [0.2, 0.25) is 0 Å². The standard InChI is InChI=1S/C19H30O2/c1-18-7-5-12(20)9-11(18)3-4-13-14(18)6-8-19(2)15(13)10-16-17(19)21-16/h11-17,20H,3-10H2,1-2H3/t11-,12+,13+,14-,15-,16-,17-,18-,19-/m0/s1. The van der Waals surface area contributed by atoms with Crippen molar-refractivity contribution in [2.24, 2.45) is 34.5 Å². The minimum Gasteiger partial charge on any atom is -0.393 e. The molecule has 4 saturated carbocycles. The average Bonchev–Trinajstić information content (AvgIpc) is 3.17. The molecule has 4 aliphatic carbocycles. The quantitative estimate of drug-likeness (QED) is 0.689.